The minimum Gasteiger partial charge on any atom is -0.496 e. The molecule has 1 aliphatic heterocycles. The van der Waals surface area contributed by atoms with Crippen LogP contribution in [0.4, 0.5) is 13.2 Å². The van der Waals surface area contributed by atoms with Crippen LogP contribution in [0, 0.1) is 0 Å². The minimum absolute atomic E-state index is 0.0186. The van der Waals surface area contributed by atoms with Crippen LogP contribution in [0.5, 0.6) is 5.75 Å². The van der Waals surface area contributed by atoms with Crippen LogP contribution in [0.2, 0.25) is 0 Å². The van der Waals surface area contributed by atoms with Crippen molar-refractivity contribution in [1.82, 2.24) is 10.2 Å². The van der Waals surface area contributed by atoms with Crippen LogP contribution in [0.25, 0.3) is 0 Å². The Labute approximate surface area is 158 Å². The fraction of sp³-hybridized carbons (Fsp3) is 0.650. The van der Waals surface area contributed by atoms with E-state index in [1.165, 1.54) is 20.0 Å². The molecule has 0 spiro atoms. The molecule has 4 nitrogen and oxygen atoms in total. The molecule has 2 atom stereocenters. The maximum atomic E-state index is 13.1. The van der Waals surface area contributed by atoms with Gasteiger partial charge in [0.2, 0.25) is 0 Å². The van der Waals surface area contributed by atoms with Gasteiger partial charge in [-0.05, 0) is 69.3 Å². The molecule has 1 N–H and O–H groups in total. The number of rotatable bonds is 5. The van der Waals surface area contributed by atoms with Gasteiger partial charge in [-0.3, -0.25) is 9.69 Å². The number of alkyl halides is 3. The third kappa shape index (κ3) is 4.23. The summed E-state index contributed by atoms with van der Waals surface area (Å²) in [6.45, 7) is 3.86. The van der Waals surface area contributed by atoms with Crippen molar-refractivity contribution in [2.75, 3.05) is 20.2 Å². The van der Waals surface area contributed by atoms with Crippen LogP contribution >= 0.6 is 0 Å². The van der Waals surface area contributed by atoms with E-state index in [1.54, 1.807) is 6.92 Å². The first-order valence-corrected chi connectivity index (χ1v) is 9.68. The number of likely N-dealkylation sites (tertiary alicyclic amines) is 1. The van der Waals surface area contributed by atoms with Crippen molar-refractivity contribution in [2.45, 2.75) is 63.7 Å². The van der Waals surface area contributed by atoms with Crippen LogP contribution in [0.1, 0.15) is 60.5 Å². The number of halogens is 3. The SMILES string of the molecule is CCc1cc(C(F)(F)F)cc(OC)c1C(=O)N[C@@H]1CCC[C@@H]1N1CCCC1. The number of benzene rings is 1. The Bertz CT molecular complexity index is 659. The number of methoxy groups -OCH3 is 1. The van der Waals surface area contributed by atoms with E-state index in [1.807, 2.05) is 0 Å². The lowest BCUT2D eigenvalue weighted by Gasteiger charge is -2.30. The number of amides is 1. The number of nitrogens with zero attached hydrogens (tertiary/aromatic N) is 1. The highest BCUT2D eigenvalue weighted by Crippen LogP contribution is 2.36. The molecule has 0 bridgehead atoms. The van der Waals surface area contributed by atoms with E-state index in [4.69, 9.17) is 4.74 Å². The first-order valence-electron chi connectivity index (χ1n) is 9.68. The number of carbonyl (C=O) groups excluding carboxylic acids is 1. The zero-order valence-electron chi connectivity index (χ0n) is 15.9. The molecular formula is C20H27F3N2O2. The number of aryl methyl sites for hydroxylation is 1. The smallest absolute Gasteiger partial charge is 0.416 e. The lowest BCUT2D eigenvalue weighted by atomic mass is 9.98. The van der Waals surface area contributed by atoms with E-state index < -0.39 is 11.7 Å². The molecule has 3 rings (SSSR count). The van der Waals surface area contributed by atoms with Crippen molar-refractivity contribution in [2.24, 2.45) is 0 Å². The summed E-state index contributed by atoms with van der Waals surface area (Å²) in [5, 5.41) is 3.09. The quantitative estimate of drug-likeness (QED) is 0.834. The summed E-state index contributed by atoms with van der Waals surface area (Å²) in [7, 11) is 1.30. The molecule has 1 saturated heterocycles. The molecule has 1 aliphatic carbocycles. The Hall–Kier alpha value is -1.76. The number of nitrogens with one attached hydrogen (secondary N) is 1. The van der Waals surface area contributed by atoms with Crippen molar-refractivity contribution in [3.05, 3.63) is 28.8 Å². The molecule has 2 fully saturated rings. The van der Waals surface area contributed by atoms with Crippen LogP contribution in [0.15, 0.2) is 12.1 Å². The van der Waals surface area contributed by atoms with Crippen molar-refractivity contribution in [3.63, 3.8) is 0 Å². The van der Waals surface area contributed by atoms with Gasteiger partial charge in [-0.25, -0.2) is 0 Å². The first kappa shape index (κ1) is 20.0. The van der Waals surface area contributed by atoms with Gasteiger partial charge in [0.25, 0.3) is 5.91 Å². The van der Waals surface area contributed by atoms with Crippen LogP contribution in [0.3, 0.4) is 0 Å². The van der Waals surface area contributed by atoms with Gasteiger partial charge in [-0.1, -0.05) is 6.92 Å². The van der Waals surface area contributed by atoms with Crippen molar-refractivity contribution < 1.29 is 22.7 Å². The van der Waals surface area contributed by atoms with Gasteiger partial charge < -0.3 is 10.1 Å². The summed E-state index contributed by atoms with van der Waals surface area (Å²) < 4.78 is 44.6. The lowest BCUT2D eigenvalue weighted by Crippen LogP contribution is -2.48. The average molecular weight is 384 g/mol. The van der Waals surface area contributed by atoms with Crippen molar-refractivity contribution >= 4 is 5.91 Å². The van der Waals surface area contributed by atoms with Crippen LogP contribution < -0.4 is 10.1 Å². The third-order valence-corrected chi connectivity index (χ3v) is 5.74. The lowest BCUT2D eigenvalue weighted by molar-refractivity contribution is -0.137. The van der Waals surface area contributed by atoms with E-state index >= 15 is 0 Å². The fourth-order valence-electron chi connectivity index (χ4n) is 4.39. The van der Waals surface area contributed by atoms with Crippen LogP contribution in [-0.2, 0) is 12.6 Å². The molecule has 2 aliphatic rings. The molecule has 1 heterocycles. The highest BCUT2D eigenvalue weighted by Gasteiger charge is 2.36. The average Bonchev–Trinajstić information content (AvgIpc) is 3.30. The second-order valence-electron chi connectivity index (χ2n) is 7.39. The summed E-state index contributed by atoms with van der Waals surface area (Å²) in [6.07, 6.45) is 1.22. The van der Waals surface area contributed by atoms with Crippen molar-refractivity contribution in [1.29, 1.82) is 0 Å². The summed E-state index contributed by atoms with van der Waals surface area (Å²) >= 11 is 0. The molecule has 7 heteroatoms. The Morgan fingerprint density at radius 1 is 1.22 bits per heavy atom. The molecule has 27 heavy (non-hydrogen) atoms. The first-order chi connectivity index (χ1) is 12.8. The molecule has 0 aromatic heterocycles. The number of ether oxygens (including phenoxy) is 1. The van der Waals surface area contributed by atoms with Gasteiger partial charge in [0, 0.05) is 12.1 Å². The van der Waals surface area contributed by atoms with Gasteiger partial charge in [0.1, 0.15) is 5.75 Å². The van der Waals surface area contributed by atoms with Gasteiger partial charge >= 0.3 is 6.18 Å². The predicted molar refractivity (Wildman–Crippen MR) is 97.1 cm³/mol. The Morgan fingerprint density at radius 2 is 1.93 bits per heavy atom. The molecule has 1 saturated carbocycles. The van der Waals surface area contributed by atoms with Gasteiger partial charge in [0.15, 0.2) is 0 Å². The maximum absolute atomic E-state index is 13.1. The predicted octanol–water partition coefficient (Wildman–Crippen LogP) is 4.02. The minimum atomic E-state index is -4.47. The number of hydrogen-bond acceptors (Lipinski definition) is 3. The van der Waals surface area contributed by atoms with Gasteiger partial charge in [-0.2, -0.15) is 13.2 Å². The topological polar surface area (TPSA) is 41.6 Å². The van der Waals surface area contributed by atoms with E-state index in [0.29, 0.717) is 18.0 Å². The summed E-state index contributed by atoms with van der Waals surface area (Å²) in [4.78, 5) is 15.4. The molecule has 1 aromatic carbocycles. The Balaban J connectivity index is 1.85. The third-order valence-electron chi connectivity index (χ3n) is 5.74. The van der Waals surface area contributed by atoms with Crippen LogP contribution in [-0.4, -0.2) is 43.1 Å². The molecule has 1 amide bonds. The highest BCUT2D eigenvalue weighted by molar-refractivity contribution is 5.99. The van der Waals surface area contributed by atoms with Crippen molar-refractivity contribution in [3.8, 4) is 5.75 Å². The highest BCUT2D eigenvalue weighted by atomic mass is 19.4. The number of hydrogen-bond donors (Lipinski definition) is 1. The zero-order chi connectivity index (χ0) is 19.6. The summed E-state index contributed by atoms with van der Waals surface area (Å²) in [6, 6.07) is 2.33. The molecule has 150 valence electrons. The second-order valence-corrected chi connectivity index (χ2v) is 7.39. The van der Waals surface area contributed by atoms with E-state index in [-0.39, 0.29) is 23.3 Å². The molecule has 1 aromatic rings. The Kier molecular flexibility index (Phi) is 5.99. The van der Waals surface area contributed by atoms with Gasteiger partial charge in [-0.15, -0.1) is 0 Å². The van der Waals surface area contributed by atoms with E-state index in [0.717, 1.165) is 44.5 Å². The second kappa shape index (κ2) is 8.09. The standard InChI is InChI=1S/C20H27F3N2O2/c1-3-13-11-14(20(21,22)23)12-17(27-2)18(13)19(26)24-15-7-6-8-16(15)25-9-4-5-10-25/h11-12,15-16H,3-10H2,1-2H3,(H,24,26)/t15-,16+/m1/s1. The van der Waals surface area contributed by atoms with Gasteiger partial charge in [0.05, 0.1) is 18.2 Å². The largest absolute Gasteiger partial charge is 0.496 e. The molecular weight excluding hydrogens is 357 g/mol. The normalized spacial score (nSPS) is 23.6. The Morgan fingerprint density at radius 3 is 2.52 bits per heavy atom. The maximum Gasteiger partial charge on any atom is 0.416 e. The number of carbonyl (C=O) groups is 1. The summed E-state index contributed by atoms with van der Waals surface area (Å²) in [5.74, 6) is -0.358. The summed E-state index contributed by atoms with van der Waals surface area (Å²) in [5.41, 5.74) is -0.210. The molecule has 0 unspecified atom stereocenters. The van der Waals surface area contributed by atoms with E-state index in [9.17, 15) is 18.0 Å². The van der Waals surface area contributed by atoms with E-state index in [2.05, 4.69) is 10.2 Å². The fourth-order valence-corrected chi connectivity index (χ4v) is 4.39. The zero-order valence-corrected chi connectivity index (χ0v) is 15.9. The molecule has 0 radical (unpaired) electrons. The monoisotopic (exact) mass is 384 g/mol.